The number of hydrogen-bond donors (Lipinski definition) is 2. The average molecular weight is 466 g/mol. The normalized spacial score (nSPS) is 22.9. The molecule has 0 heterocycles. The maximum atomic E-state index is 13.5. The molecule has 0 saturated heterocycles. The summed E-state index contributed by atoms with van der Waals surface area (Å²) >= 11 is 0. The summed E-state index contributed by atoms with van der Waals surface area (Å²) in [6.45, 7) is 0. The number of fused-ring (bicyclic) bond motifs is 2. The van der Waals surface area contributed by atoms with Crippen molar-refractivity contribution in [3.8, 4) is 0 Å². The van der Waals surface area contributed by atoms with Gasteiger partial charge in [-0.25, -0.2) is 26.3 Å². The van der Waals surface area contributed by atoms with Gasteiger partial charge in [-0.15, -0.1) is 0 Å². The fourth-order valence-corrected chi connectivity index (χ4v) is 6.92. The molecule has 168 valence electrons. The molecule has 1 aromatic carbocycles. The van der Waals surface area contributed by atoms with Crippen molar-refractivity contribution in [3.63, 3.8) is 0 Å². The first-order chi connectivity index (χ1) is 14.5. The van der Waals surface area contributed by atoms with E-state index in [0.29, 0.717) is 5.69 Å². The number of benzene rings is 1. The maximum absolute atomic E-state index is 13.5. The van der Waals surface area contributed by atoms with Gasteiger partial charge in [0.1, 0.15) is 0 Å². The highest BCUT2D eigenvalue weighted by atomic mass is 32.2. The largest absolute Gasteiger partial charge is 0.324 e. The van der Waals surface area contributed by atoms with E-state index in [1.807, 2.05) is 0 Å². The van der Waals surface area contributed by atoms with E-state index in [4.69, 9.17) is 5.14 Å². The number of primary sulfonamides is 1. The fourth-order valence-electron chi connectivity index (χ4n) is 4.77. The number of rotatable bonds is 5. The molecule has 0 bridgehead atoms. The Bertz CT molecular complexity index is 1200. The number of nitrogens with zero attached hydrogens (tertiary/aromatic N) is 1. The van der Waals surface area contributed by atoms with E-state index in [0.717, 1.165) is 54.0 Å². The van der Waals surface area contributed by atoms with Crippen LogP contribution in [0, 0.1) is 0 Å². The van der Waals surface area contributed by atoms with Gasteiger partial charge in [0.05, 0.1) is 4.91 Å². The summed E-state index contributed by atoms with van der Waals surface area (Å²) in [6, 6.07) is 2.21. The molecule has 0 spiro atoms. The molecule has 0 saturated carbocycles. The van der Waals surface area contributed by atoms with Crippen LogP contribution >= 0.6 is 0 Å². The molecule has 0 aliphatic heterocycles. The molecule has 3 N–H and O–H groups in total. The Labute approximate surface area is 183 Å². The van der Waals surface area contributed by atoms with Crippen molar-refractivity contribution in [3.05, 3.63) is 51.5 Å². The molecule has 4 rings (SSSR count). The summed E-state index contributed by atoms with van der Waals surface area (Å²) in [7, 11) is -5.69. The van der Waals surface area contributed by atoms with Crippen molar-refractivity contribution >= 4 is 31.6 Å². The molecular weight excluding hydrogens is 438 g/mol. The van der Waals surface area contributed by atoms with Crippen LogP contribution in [-0.2, 0) is 50.5 Å². The van der Waals surface area contributed by atoms with Crippen LogP contribution in [0.2, 0.25) is 0 Å². The summed E-state index contributed by atoms with van der Waals surface area (Å²) in [6.07, 6.45) is 8.69. The van der Waals surface area contributed by atoms with Crippen molar-refractivity contribution in [2.45, 2.75) is 49.7 Å². The van der Waals surface area contributed by atoms with E-state index in [2.05, 4.69) is 11.4 Å². The summed E-state index contributed by atoms with van der Waals surface area (Å²) in [5.41, 5.74) is 5.17. The minimum Gasteiger partial charge on any atom is -0.324 e. The maximum Gasteiger partial charge on any atom is 0.251 e. The first kappa shape index (κ1) is 22.2. The summed E-state index contributed by atoms with van der Waals surface area (Å²) < 4.78 is 49.4. The van der Waals surface area contributed by atoms with E-state index in [1.54, 1.807) is 0 Å². The van der Waals surface area contributed by atoms with Crippen molar-refractivity contribution in [2.75, 3.05) is 19.4 Å². The van der Waals surface area contributed by atoms with Gasteiger partial charge in [0.25, 0.3) is 5.91 Å². The number of aryl methyl sites for hydroxylation is 2. The van der Waals surface area contributed by atoms with Crippen LogP contribution in [0.3, 0.4) is 0 Å². The van der Waals surface area contributed by atoms with Gasteiger partial charge in [-0.1, -0.05) is 18.2 Å². The first-order valence-electron chi connectivity index (χ1n) is 10.3. The number of carbonyl (C=O) groups excluding carboxylic acids is 1. The molecule has 0 fully saturated rings. The molecule has 10 heteroatoms. The van der Waals surface area contributed by atoms with Crippen molar-refractivity contribution in [1.29, 1.82) is 0 Å². The van der Waals surface area contributed by atoms with Crippen LogP contribution in [-0.4, -0.2) is 45.9 Å². The Kier molecular flexibility index (Phi) is 5.40. The highest BCUT2D eigenvalue weighted by molar-refractivity contribution is 7.93. The minimum atomic E-state index is -4.48. The Hall–Kier alpha value is -2.01. The topological polar surface area (TPSA) is 127 Å². The van der Waals surface area contributed by atoms with Crippen LogP contribution in [0.15, 0.2) is 29.2 Å². The van der Waals surface area contributed by atoms with Gasteiger partial charge in [0, 0.05) is 26.2 Å². The Morgan fingerprint density at radius 3 is 2.13 bits per heavy atom. The second kappa shape index (κ2) is 7.54. The SMILES string of the molecule is CN(C)S(=O)(=O)C1=CC=CC(C(=O)Nc2c3c(cc4c2CCC4)CCC3)(S(N)(=O)=O)C1. The number of anilines is 1. The average Bonchev–Trinajstić information content (AvgIpc) is 3.35. The van der Waals surface area contributed by atoms with E-state index >= 15 is 0 Å². The van der Waals surface area contributed by atoms with Gasteiger partial charge in [-0.2, -0.15) is 0 Å². The van der Waals surface area contributed by atoms with Gasteiger partial charge in [0.2, 0.25) is 20.0 Å². The monoisotopic (exact) mass is 465 g/mol. The third-order valence-corrected chi connectivity index (χ3v) is 9.89. The zero-order valence-corrected chi connectivity index (χ0v) is 19.3. The van der Waals surface area contributed by atoms with Gasteiger partial charge in [0.15, 0.2) is 4.75 Å². The number of amides is 1. The molecule has 31 heavy (non-hydrogen) atoms. The number of hydrogen-bond acceptors (Lipinski definition) is 5. The zero-order valence-electron chi connectivity index (χ0n) is 17.6. The predicted octanol–water partition coefficient (Wildman–Crippen LogP) is 1.37. The summed E-state index contributed by atoms with van der Waals surface area (Å²) in [4.78, 5) is 13.3. The first-order valence-corrected chi connectivity index (χ1v) is 13.3. The van der Waals surface area contributed by atoms with Gasteiger partial charge < -0.3 is 5.32 Å². The zero-order chi connectivity index (χ0) is 22.6. The number of carbonyl (C=O) groups is 1. The summed E-state index contributed by atoms with van der Waals surface area (Å²) in [5, 5.41) is 8.41. The predicted molar refractivity (Wildman–Crippen MR) is 119 cm³/mol. The quantitative estimate of drug-likeness (QED) is 0.679. The van der Waals surface area contributed by atoms with Crippen LogP contribution in [0.5, 0.6) is 0 Å². The molecule has 1 unspecified atom stereocenters. The third kappa shape index (κ3) is 3.55. The van der Waals surface area contributed by atoms with E-state index in [9.17, 15) is 21.6 Å². The minimum absolute atomic E-state index is 0.173. The number of allylic oxidation sites excluding steroid dienone is 3. The Morgan fingerprint density at radius 1 is 1.03 bits per heavy atom. The molecule has 1 atom stereocenters. The highest BCUT2D eigenvalue weighted by Crippen LogP contribution is 2.40. The van der Waals surface area contributed by atoms with E-state index in [-0.39, 0.29) is 4.91 Å². The van der Waals surface area contributed by atoms with Gasteiger partial charge in [-0.05, 0) is 66.9 Å². The third-order valence-electron chi connectivity index (χ3n) is 6.50. The van der Waals surface area contributed by atoms with E-state index < -0.39 is 37.1 Å². The number of nitrogens with two attached hydrogens (primary N) is 1. The molecular formula is C21H27N3O5S2. The van der Waals surface area contributed by atoms with Crippen LogP contribution in [0.1, 0.15) is 41.5 Å². The Morgan fingerprint density at radius 2 is 1.61 bits per heavy atom. The van der Waals surface area contributed by atoms with Gasteiger partial charge >= 0.3 is 0 Å². The fraction of sp³-hybridized carbons (Fsp3) is 0.476. The van der Waals surface area contributed by atoms with Gasteiger partial charge in [-0.3, -0.25) is 4.79 Å². The standard InChI is InChI=1S/C21H27N3O5S2/c1-24(2)30(26,27)16-8-5-11-21(13-16,31(22,28)29)20(25)23-19-17-9-3-6-14(17)12-15-7-4-10-18(15)19/h5,8,11-12H,3-4,6-7,9-10,13H2,1-2H3,(H,23,25)(H2,22,28,29). The lowest BCUT2D eigenvalue weighted by Crippen LogP contribution is -2.53. The molecule has 0 aromatic heterocycles. The molecule has 1 amide bonds. The molecule has 0 radical (unpaired) electrons. The van der Waals surface area contributed by atoms with Crippen LogP contribution < -0.4 is 10.5 Å². The second-order valence-electron chi connectivity index (χ2n) is 8.58. The number of sulfonamides is 2. The molecule has 8 nitrogen and oxygen atoms in total. The van der Waals surface area contributed by atoms with Crippen molar-refractivity contribution in [2.24, 2.45) is 5.14 Å². The van der Waals surface area contributed by atoms with Crippen molar-refractivity contribution in [1.82, 2.24) is 4.31 Å². The lowest BCUT2D eigenvalue weighted by atomic mass is 9.95. The van der Waals surface area contributed by atoms with Crippen LogP contribution in [0.25, 0.3) is 0 Å². The second-order valence-corrected chi connectivity index (χ2v) is 12.6. The highest BCUT2D eigenvalue weighted by Gasteiger charge is 2.50. The number of nitrogens with one attached hydrogen (secondary N) is 1. The lowest BCUT2D eigenvalue weighted by molar-refractivity contribution is -0.117. The molecule has 3 aliphatic carbocycles. The smallest absolute Gasteiger partial charge is 0.251 e. The molecule has 1 aromatic rings. The van der Waals surface area contributed by atoms with E-state index in [1.165, 1.54) is 43.5 Å². The molecule has 3 aliphatic rings. The summed E-state index contributed by atoms with van der Waals surface area (Å²) in [5.74, 6) is -0.819. The van der Waals surface area contributed by atoms with Crippen molar-refractivity contribution < 1.29 is 21.6 Å². The van der Waals surface area contributed by atoms with Crippen LogP contribution in [0.4, 0.5) is 5.69 Å². The lowest BCUT2D eigenvalue weighted by Gasteiger charge is -2.31. The Balaban J connectivity index is 1.77.